The fourth-order valence-electron chi connectivity index (χ4n) is 5.39. The van der Waals surface area contributed by atoms with Crippen LogP contribution in [-0.4, -0.2) is 27.5 Å². The van der Waals surface area contributed by atoms with Crippen molar-refractivity contribution in [2.45, 2.75) is 84.2 Å². The monoisotopic (exact) mass is 515 g/mol. The van der Waals surface area contributed by atoms with Gasteiger partial charge in [-0.1, -0.05) is 32.8 Å². The van der Waals surface area contributed by atoms with E-state index in [1.165, 1.54) is 29.3 Å². The number of amides is 1. The first-order valence-electron chi connectivity index (χ1n) is 13.9. The molecule has 6 heteroatoms. The third-order valence-corrected chi connectivity index (χ3v) is 7.52. The smallest absolute Gasteiger partial charge is 0.255 e. The number of nitrogens with one attached hydrogen (secondary N) is 1. The number of rotatable bonds is 8. The first kappa shape index (κ1) is 29.1. The molecule has 1 aliphatic rings. The molecule has 1 saturated carbocycles. The lowest BCUT2D eigenvalue weighted by atomic mass is 9.85. The summed E-state index contributed by atoms with van der Waals surface area (Å²) in [6.45, 7) is 6.10. The Morgan fingerprint density at radius 3 is 2.37 bits per heavy atom. The number of carbonyl (C=O) groups excluding carboxylic acids is 2. The van der Waals surface area contributed by atoms with Gasteiger partial charge in [-0.05, 0) is 93.3 Å². The minimum atomic E-state index is -0.201. The van der Waals surface area contributed by atoms with E-state index in [0.29, 0.717) is 17.0 Å². The molecule has 0 unspecified atom stereocenters. The van der Waals surface area contributed by atoms with Crippen LogP contribution in [0.1, 0.15) is 99.5 Å². The maximum Gasteiger partial charge on any atom is 0.255 e. The first-order valence-corrected chi connectivity index (χ1v) is 13.9. The lowest BCUT2D eigenvalue weighted by molar-refractivity contribution is -0.122. The number of aliphatic hydroxyl groups excluding tert-OH is 1. The fraction of sp³-hybridized carbons (Fsp3) is 0.469. The zero-order chi connectivity index (χ0) is 27.7. The van der Waals surface area contributed by atoms with Crippen LogP contribution in [0.4, 0.5) is 5.69 Å². The quantitative estimate of drug-likeness (QED) is 0.334. The number of nitriles is 1. The summed E-state index contributed by atoms with van der Waals surface area (Å²) in [6, 6.07) is 14.9. The summed E-state index contributed by atoms with van der Waals surface area (Å²) in [6.07, 6.45) is 10.1. The molecule has 6 nitrogen and oxygen atoms in total. The number of hydrogen-bond donors (Lipinski definition) is 2. The van der Waals surface area contributed by atoms with Crippen LogP contribution >= 0.6 is 0 Å². The molecule has 202 valence electrons. The predicted octanol–water partition coefficient (Wildman–Crippen LogP) is 7.11. The average molecular weight is 516 g/mol. The Balaban J connectivity index is 0.000000336. The van der Waals surface area contributed by atoms with Crippen LogP contribution in [0.3, 0.4) is 0 Å². The Morgan fingerprint density at radius 2 is 1.76 bits per heavy atom. The molecule has 38 heavy (non-hydrogen) atoms. The SMILES string of the molecule is CC(=O)C1CCC(O)CC1.CCCC(CCC)c1cn(C)c2ccc(NC(=O)c3cccc(C#N)c3)cc12. The summed E-state index contributed by atoms with van der Waals surface area (Å²) >= 11 is 0. The van der Waals surface area contributed by atoms with Gasteiger partial charge in [0, 0.05) is 41.3 Å². The second-order valence-corrected chi connectivity index (χ2v) is 10.5. The molecule has 3 aromatic rings. The van der Waals surface area contributed by atoms with Gasteiger partial charge in [-0.3, -0.25) is 9.59 Å². The van der Waals surface area contributed by atoms with Crippen LogP contribution in [0.25, 0.3) is 10.9 Å². The standard InChI is InChI=1S/C24H27N3O.C8H14O2/c1-4-7-18(8-5-2)22-16-27(3)23-12-11-20(14-21(22)23)26-24(28)19-10-6-9-17(13-19)15-25;1-6(9)7-2-4-8(10)5-3-7/h6,9-14,16,18H,4-5,7-8H2,1-3H3,(H,26,28);7-8,10H,2-5H2,1H3. The van der Waals surface area contributed by atoms with E-state index in [2.05, 4.69) is 55.2 Å². The number of nitrogens with zero attached hydrogens (tertiary/aromatic N) is 2. The van der Waals surface area contributed by atoms with Gasteiger partial charge in [0.25, 0.3) is 5.91 Å². The third-order valence-electron chi connectivity index (χ3n) is 7.52. The highest BCUT2D eigenvalue weighted by atomic mass is 16.3. The largest absolute Gasteiger partial charge is 0.393 e. The number of Topliss-reactive ketones (excluding diaryl/α,β-unsaturated/α-hetero) is 1. The van der Waals surface area contributed by atoms with Crippen molar-refractivity contribution < 1.29 is 14.7 Å². The highest BCUT2D eigenvalue weighted by molar-refractivity contribution is 6.05. The van der Waals surface area contributed by atoms with E-state index in [0.717, 1.165) is 44.2 Å². The number of anilines is 1. The lowest BCUT2D eigenvalue weighted by Crippen LogP contribution is -2.22. The minimum Gasteiger partial charge on any atom is -0.393 e. The average Bonchev–Trinajstić information content (AvgIpc) is 3.24. The van der Waals surface area contributed by atoms with Crippen molar-refractivity contribution in [2.24, 2.45) is 13.0 Å². The molecule has 1 fully saturated rings. The summed E-state index contributed by atoms with van der Waals surface area (Å²) in [5.74, 6) is 0.861. The van der Waals surface area contributed by atoms with Crippen LogP contribution in [0.2, 0.25) is 0 Å². The predicted molar refractivity (Wildman–Crippen MR) is 153 cm³/mol. The number of benzene rings is 2. The second kappa shape index (κ2) is 13.9. The minimum absolute atomic E-state index is 0.143. The Hall–Kier alpha value is -3.43. The highest BCUT2D eigenvalue weighted by Crippen LogP contribution is 2.34. The number of aromatic nitrogens is 1. The number of carbonyl (C=O) groups is 2. The molecule has 1 heterocycles. The van der Waals surface area contributed by atoms with E-state index in [-0.39, 0.29) is 23.7 Å². The molecule has 1 amide bonds. The molecule has 0 spiro atoms. The molecular formula is C32H41N3O3. The van der Waals surface area contributed by atoms with Crippen molar-refractivity contribution in [2.75, 3.05) is 5.32 Å². The summed E-state index contributed by atoms with van der Waals surface area (Å²) < 4.78 is 2.17. The molecule has 0 aliphatic heterocycles. The van der Waals surface area contributed by atoms with Gasteiger partial charge in [0.15, 0.2) is 0 Å². The molecule has 2 aromatic carbocycles. The second-order valence-electron chi connectivity index (χ2n) is 10.5. The van der Waals surface area contributed by atoms with Gasteiger partial charge in [-0.25, -0.2) is 0 Å². The number of fused-ring (bicyclic) bond motifs is 1. The van der Waals surface area contributed by atoms with Crippen molar-refractivity contribution in [3.8, 4) is 6.07 Å². The maximum absolute atomic E-state index is 12.6. The van der Waals surface area contributed by atoms with Crippen molar-refractivity contribution in [3.63, 3.8) is 0 Å². The fourth-order valence-corrected chi connectivity index (χ4v) is 5.39. The Kier molecular flexibility index (Phi) is 10.7. The Labute approximate surface area is 226 Å². The van der Waals surface area contributed by atoms with Gasteiger partial charge in [-0.2, -0.15) is 5.26 Å². The van der Waals surface area contributed by atoms with E-state index in [4.69, 9.17) is 10.4 Å². The van der Waals surface area contributed by atoms with Crippen LogP contribution in [0.5, 0.6) is 0 Å². The van der Waals surface area contributed by atoms with Crippen molar-refractivity contribution in [1.29, 1.82) is 5.26 Å². The normalized spacial score (nSPS) is 17.0. The van der Waals surface area contributed by atoms with Crippen molar-refractivity contribution >= 4 is 28.3 Å². The van der Waals surface area contributed by atoms with Crippen LogP contribution < -0.4 is 5.32 Å². The number of aliphatic hydroxyl groups is 1. The van der Waals surface area contributed by atoms with Crippen LogP contribution in [0, 0.1) is 17.2 Å². The van der Waals surface area contributed by atoms with Gasteiger partial charge in [0.2, 0.25) is 0 Å². The zero-order valence-electron chi connectivity index (χ0n) is 23.2. The molecule has 0 radical (unpaired) electrons. The molecule has 1 aromatic heterocycles. The Morgan fingerprint density at radius 1 is 1.08 bits per heavy atom. The van der Waals surface area contributed by atoms with Gasteiger partial charge < -0.3 is 15.0 Å². The number of aryl methyl sites for hydroxylation is 1. The lowest BCUT2D eigenvalue weighted by Gasteiger charge is -2.22. The van der Waals surface area contributed by atoms with E-state index in [9.17, 15) is 9.59 Å². The van der Waals surface area contributed by atoms with E-state index in [1.807, 2.05) is 6.07 Å². The van der Waals surface area contributed by atoms with Crippen molar-refractivity contribution in [1.82, 2.24) is 4.57 Å². The van der Waals surface area contributed by atoms with Gasteiger partial charge >= 0.3 is 0 Å². The van der Waals surface area contributed by atoms with Gasteiger partial charge in [0.05, 0.1) is 17.7 Å². The summed E-state index contributed by atoms with van der Waals surface area (Å²) in [7, 11) is 2.08. The third kappa shape index (κ3) is 7.55. The molecule has 0 saturated heterocycles. The van der Waals surface area contributed by atoms with Crippen molar-refractivity contribution in [3.05, 3.63) is 65.4 Å². The molecule has 0 bridgehead atoms. The van der Waals surface area contributed by atoms with E-state index >= 15 is 0 Å². The van der Waals surface area contributed by atoms with Crippen LogP contribution in [0.15, 0.2) is 48.7 Å². The summed E-state index contributed by atoms with van der Waals surface area (Å²) in [5.41, 5.74) is 4.29. The zero-order valence-corrected chi connectivity index (χ0v) is 23.2. The van der Waals surface area contributed by atoms with E-state index < -0.39 is 0 Å². The molecule has 4 rings (SSSR count). The topological polar surface area (TPSA) is 95.1 Å². The molecule has 0 atom stereocenters. The van der Waals surface area contributed by atoms with Crippen LogP contribution in [-0.2, 0) is 11.8 Å². The number of hydrogen-bond acceptors (Lipinski definition) is 4. The summed E-state index contributed by atoms with van der Waals surface area (Å²) in [4.78, 5) is 23.4. The highest BCUT2D eigenvalue weighted by Gasteiger charge is 2.22. The van der Waals surface area contributed by atoms with Gasteiger partial charge in [-0.15, -0.1) is 0 Å². The first-order chi connectivity index (χ1) is 18.3. The van der Waals surface area contributed by atoms with Gasteiger partial charge in [0.1, 0.15) is 5.78 Å². The molecule has 2 N–H and O–H groups in total. The number of ketones is 1. The summed E-state index contributed by atoms with van der Waals surface area (Å²) in [5, 5.41) is 22.3. The molecular weight excluding hydrogens is 474 g/mol. The maximum atomic E-state index is 12.6. The Bertz CT molecular complexity index is 1270. The molecule has 1 aliphatic carbocycles. The van der Waals surface area contributed by atoms with E-state index in [1.54, 1.807) is 31.2 Å².